The molecule has 1 atom stereocenters. The van der Waals surface area contributed by atoms with Crippen molar-refractivity contribution >= 4 is 83.7 Å². The predicted octanol–water partition coefficient (Wildman–Crippen LogP) is 9.16. The summed E-state index contributed by atoms with van der Waals surface area (Å²) in [6, 6.07) is 26.9. The molecule has 3 saturated heterocycles. The fraction of sp³-hybridized carbons (Fsp3) is 0.404. The first kappa shape index (κ1) is 58.6. The van der Waals surface area contributed by atoms with Gasteiger partial charge in [-0.05, 0) is 121 Å². The number of anilines is 3. The lowest BCUT2D eigenvalue weighted by molar-refractivity contribution is -0.120. The van der Waals surface area contributed by atoms with Crippen LogP contribution in [0.4, 0.5) is 35.0 Å². The first-order valence-electron chi connectivity index (χ1n) is 26.6. The van der Waals surface area contributed by atoms with Crippen LogP contribution < -0.4 is 25.2 Å². The third-order valence-corrected chi connectivity index (χ3v) is 19.4. The third kappa shape index (κ3) is 14.5. The number of benzene rings is 4. The quantitative estimate of drug-likeness (QED) is 0.0665. The van der Waals surface area contributed by atoms with Crippen molar-refractivity contribution in [1.82, 2.24) is 29.7 Å². The molecule has 0 unspecified atom stereocenters. The number of sulfone groups is 1. The molecule has 80 heavy (non-hydrogen) atoms. The summed E-state index contributed by atoms with van der Waals surface area (Å²) in [6.45, 7) is 12.3. The highest BCUT2D eigenvalue weighted by Crippen LogP contribution is 2.43. The molecule has 4 aliphatic rings. The Balaban J connectivity index is 0.839. The number of hydrogen-bond acceptors (Lipinski definition) is 14. The van der Waals surface area contributed by atoms with Crippen LogP contribution in [0.25, 0.3) is 5.57 Å². The summed E-state index contributed by atoms with van der Waals surface area (Å²) in [4.78, 5) is 51.5. The molecule has 4 aromatic carbocycles. The molecule has 16 nitrogen and oxygen atoms in total. The van der Waals surface area contributed by atoms with Crippen LogP contribution in [0.3, 0.4) is 0 Å². The molecule has 23 heteroatoms. The number of imide groups is 1. The van der Waals surface area contributed by atoms with E-state index >= 15 is 0 Å². The summed E-state index contributed by atoms with van der Waals surface area (Å²) in [6.07, 6.45) is 6.92. The average Bonchev–Trinajstić information content (AvgIpc) is 3.52. The normalized spacial score (nSPS) is 18.5. The monoisotopic (exact) mass is 1180 g/mol. The number of nitrogens with zero attached hydrogens (tertiary/aromatic N) is 6. The number of carbonyl (C=O) groups excluding carboxylic acids is 3. The van der Waals surface area contributed by atoms with Gasteiger partial charge in [-0.15, -0.1) is 11.8 Å². The van der Waals surface area contributed by atoms with Crippen molar-refractivity contribution in [3.8, 4) is 0 Å². The zero-order valence-electron chi connectivity index (χ0n) is 44.6. The molecule has 3 N–H and O–H groups in total. The molecule has 0 bridgehead atoms. The van der Waals surface area contributed by atoms with Crippen molar-refractivity contribution in [3.63, 3.8) is 0 Å². The van der Waals surface area contributed by atoms with E-state index < -0.39 is 58.8 Å². The minimum absolute atomic E-state index is 0.0232. The first-order chi connectivity index (χ1) is 38.1. The molecule has 4 heterocycles. The average molecular weight is 1180 g/mol. The molecule has 426 valence electrons. The van der Waals surface area contributed by atoms with E-state index in [2.05, 4.69) is 61.2 Å². The van der Waals surface area contributed by atoms with Gasteiger partial charge in [0.05, 0.1) is 22.5 Å². The van der Waals surface area contributed by atoms with Crippen LogP contribution in [0.1, 0.15) is 67.4 Å². The van der Waals surface area contributed by atoms with Crippen molar-refractivity contribution in [3.05, 3.63) is 143 Å². The first-order valence-corrected chi connectivity index (χ1v) is 30.9. The van der Waals surface area contributed by atoms with Gasteiger partial charge in [-0.3, -0.25) is 34.6 Å². The van der Waals surface area contributed by atoms with Crippen molar-refractivity contribution in [2.24, 2.45) is 5.41 Å². The van der Waals surface area contributed by atoms with Crippen LogP contribution in [-0.2, 0) is 31.2 Å². The Hall–Kier alpha value is -6.01. The summed E-state index contributed by atoms with van der Waals surface area (Å²) in [5.74, 6) is -1.07. The van der Waals surface area contributed by atoms with Gasteiger partial charge >= 0.3 is 11.5 Å². The SMILES string of the molecule is CC1(C)CCC(c2ccc(Cl)cc2)=C(CN2CCN(c3ccc(C(=O)NS(=O)(=O)c4ccc(N[C@H](CCN5CCN(Cc6ccncc6N6CCC(=O)NC6=O)CC5)CSc5ccccc5)c(S(=O)(=O)C(F)(F)F)c4)cc3)CC2)C1. The van der Waals surface area contributed by atoms with Gasteiger partial charge in [-0.25, -0.2) is 26.4 Å². The van der Waals surface area contributed by atoms with Gasteiger partial charge in [0.2, 0.25) is 5.91 Å². The number of hydrogen-bond donors (Lipinski definition) is 3. The number of amides is 4. The summed E-state index contributed by atoms with van der Waals surface area (Å²) in [5.41, 5.74) is 0.293. The topological polar surface area (TPSA) is 185 Å². The van der Waals surface area contributed by atoms with Crippen LogP contribution in [0, 0.1) is 5.41 Å². The Kier molecular flexibility index (Phi) is 18.3. The number of nitrogens with one attached hydrogen (secondary N) is 3. The second-order valence-corrected chi connectivity index (χ2v) is 26.5. The Morgan fingerprint density at radius 2 is 1.49 bits per heavy atom. The van der Waals surface area contributed by atoms with Gasteiger partial charge in [0.1, 0.15) is 4.90 Å². The van der Waals surface area contributed by atoms with E-state index in [9.17, 15) is 44.4 Å². The molecule has 3 fully saturated rings. The van der Waals surface area contributed by atoms with Gasteiger partial charge in [0.25, 0.3) is 25.8 Å². The van der Waals surface area contributed by atoms with E-state index in [1.807, 2.05) is 53.3 Å². The zero-order valence-corrected chi connectivity index (χ0v) is 47.8. The molecule has 0 saturated carbocycles. The fourth-order valence-corrected chi connectivity index (χ4v) is 13.8. The largest absolute Gasteiger partial charge is 0.501 e. The van der Waals surface area contributed by atoms with Crippen molar-refractivity contribution in [1.29, 1.82) is 0 Å². The highest BCUT2D eigenvalue weighted by Gasteiger charge is 2.48. The van der Waals surface area contributed by atoms with E-state index in [1.54, 1.807) is 24.5 Å². The Labute approximate surface area is 475 Å². The maximum absolute atomic E-state index is 14.5. The second kappa shape index (κ2) is 25.0. The molecule has 0 radical (unpaired) electrons. The highest BCUT2D eigenvalue weighted by molar-refractivity contribution is 7.99. The van der Waals surface area contributed by atoms with Gasteiger partial charge in [0, 0.05) is 124 Å². The van der Waals surface area contributed by atoms with E-state index in [0.717, 1.165) is 80.3 Å². The van der Waals surface area contributed by atoms with Crippen molar-refractivity contribution < 1.29 is 44.4 Å². The van der Waals surface area contributed by atoms with Crippen LogP contribution >= 0.6 is 23.4 Å². The number of carbonyl (C=O) groups is 3. The van der Waals surface area contributed by atoms with Crippen LogP contribution in [-0.4, -0.2) is 144 Å². The molecular formula is C57H65ClF3N9O7S3. The smallest absolute Gasteiger partial charge is 0.380 e. The Morgan fingerprint density at radius 3 is 2.17 bits per heavy atom. The van der Waals surface area contributed by atoms with Gasteiger partial charge in [0.15, 0.2) is 0 Å². The highest BCUT2D eigenvalue weighted by atomic mass is 35.5. The van der Waals surface area contributed by atoms with E-state index in [4.69, 9.17) is 11.6 Å². The number of alkyl halides is 3. The minimum Gasteiger partial charge on any atom is -0.380 e. The van der Waals surface area contributed by atoms with Crippen molar-refractivity contribution in [2.45, 2.75) is 78.7 Å². The maximum atomic E-state index is 14.5. The molecule has 5 aromatic rings. The number of urea groups is 1. The van der Waals surface area contributed by atoms with Gasteiger partial charge in [-0.1, -0.05) is 61.4 Å². The van der Waals surface area contributed by atoms with Crippen LogP contribution in [0.2, 0.25) is 5.02 Å². The Bertz CT molecular complexity index is 3300. The molecule has 1 aromatic heterocycles. The number of allylic oxidation sites excluding steroid dienone is 1. The van der Waals surface area contributed by atoms with E-state index in [0.29, 0.717) is 68.2 Å². The standard InChI is InChI=1S/C57H65ClF3N9O7S3/c1-56(2)22-18-49(40-8-12-44(58)13-9-40)43(35-56)38-68-30-32-69(33-31-68)46-14-10-41(11-15-46)54(72)65-80(76,77)48-16-17-50(52(34-48)79(74,75)57(59,60)61)63-45(39-78-47-6-4-3-5-7-47)20-24-66-26-28-67(29-27-66)37-42-19-23-62-36-51(42)70-25-21-53(71)64-55(70)73/h3-17,19,23,34,36,45,63H,18,20-22,24-33,35,37-39H2,1-2H3,(H,65,72)(H,64,71,73)/t45-/m1/s1. The molecule has 0 spiro atoms. The van der Waals surface area contributed by atoms with Crippen molar-refractivity contribution in [2.75, 3.05) is 92.9 Å². The zero-order chi connectivity index (χ0) is 56.8. The number of piperazine rings is 2. The predicted molar refractivity (Wildman–Crippen MR) is 306 cm³/mol. The summed E-state index contributed by atoms with van der Waals surface area (Å²) in [5, 5.41) is 6.09. The molecule has 4 amide bonds. The lowest BCUT2D eigenvalue weighted by Gasteiger charge is -2.39. The Morgan fingerprint density at radius 1 is 0.812 bits per heavy atom. The van der Waals surface area contributed by atoms with E-state index in [1.165, 1.54) is 45.5 Å². The summed E-state index contributed by atoms with van der Waals surface area (Å²) in [7, 11) is -11.0. The number of halogens is 4. The second-order valence-electron chi connectivity index (χ2n) is 21.4. The van der Waals surface area contributed by atoms with Crippen LogP contribution in [0.15, 0.2) is 136 Å². The molecule has 1 aliphatic carbocycles. The molecule has 3 aliphatic heterocycles. The van der Waals surface area contributed by atoms with Gasteiger partial charge < -0.3 is 15.1 Å². The molecular weight excluding hydrogens is 1110 g/mol. The minimum atomic E-state index is -6.13. The number of pyridine rings is 1. The number of rotatable bonds is 19. The number of thioether (sulfide) groups is 1. The van der Waals surface area contributed by atoms with Gasteiger partial charge in [-0.2, -0.15) is 13.2 Å². The third-order valence-electron chi connectivity index (χ3n) is 15.2. The molecule has 9 rings (SSSR count). The fourth-order valence-electron chi connectivity index (χ4n) is 10.7. The maximum Gasteiger partial charge on any atom is 0.501 e. The lowest BCUT2D eigenvalue weighted by atomic mass is 9.73. The number of sulfonamides is 1. The van der Waals surface area contributed by atoms with Crippen LogP contribution in [0.5, 0.6) is 0 Å². The lowest BCUT2D eigenvalue weighted by Crippen LogP contribution is -2.50. The summed E-state index contributed by atoms with van der Waals surface area (Å²) < 4.78 is 99.6. The number of aromatic nitrogens is 1. The van der Waals surface area contributed by atoms with E-state index in [-0.39, 0.29) is 29.9 Å². The summed E-state index contributed by atoms with van der Waals surface area (Å²) >= 11 is 7.63.